The molecule has 0 radical (unpaired) electrons. The van der Waals surface area contributed by atoms with E-state index in [4.69, 9.17) is 14.2 Å². The number of methoxy groups -OCH3 is 1. The molecular weight excluding hydrogens is 400 g/mol. The molecule has 1 N–H and O–H groups in total. The lowest BCUT2D eigenvalue weighted by Gasteiger charge is -2.12. The fourth-order valence-electron chi connectivity index (χ4n) is 2.65. The largest absolute Gasteiger partial charge is 0.490 e. The molecular formula is C19H24N2O7S. The molecule has 0 saturated carbocycles. The maximum absolute atomic E-state index is 12.2. The van der Waals surface area contributed by atoms with Gasteiger partial charge in [0.1, 0.15) is 24.7 Å². The standard InChI is InChI=1S/C19H24N2O7S/c1-12-16(18(22)26-5)13(2)20-17(12)19(23)28-11-10-27-14-6-8-15(9-7-14)29(24,25)21(3)4/h6-9,20H,10-11H2,1-5H3. The summed E-state index contributed by atoms with van der Waals surface area (Å²) in [5.74, 6) is -0.700. The van der Waals surface area contributed by atoms with Crippen LogP contribution in [0.3, 0.4) is 0 Å². The van der Waals surface area contributed by atoms with E-state index in [1.807, 2.05) is 0 Å². The monoisotopic (exact) mass is 424 g/mol. The third kappa shape index (κ3) is 4.96. The van der Waals surface area contributed by atoms with E-state index in [0.29, 0.717) is 22.6 Å². The second-order valence-corrected chi connectivity index (χ2v) is 8.51. The predicted octanol–water partition coefficient (Wildman–Crippen LogP) is 1.90. The van der Waals surface area contributed by atoms with E-state index in [-0.39, 0.29) is 23.8 Å². The third-order valence-electron chi connectivity index (χ3n) is 4.22. The highest BCUT2D eigenvalue weighted by molar-refractivity contribution is 7.89. The van der Waals surface area contributed by atoms with E-state index in [1.54, 1.807) is 13.8 Å². The first kappa shape index (κ1) is 22.4. The Morgan fingerprint density at radius 1 is 1.03 bits per heavy atom. The van der Waals surface area contributed by atoms with Crippen LogP contribution in [0.15, 0.2) is 29.2 Å². The van der Waals surface area contributed by atoms with Crippen LogP contribution in [0.2, 0.25) is 0 Å². The molecule has 0 spiro atoms. The van der Waals surface area contributed by atoms with E-state index >= 15 is 0 Å². The van der Waals surface area contributed by atoms with Gasteiger partial charge in [0.2, 0.25) is 10.0 Å². The van der Waals surface area contributed by atoms with Gasteiger partial charge in [-0.2, -0.15) is 0 Å². The van der Waals surface area contributed by atoms with Gasteiger partial charge in [-0.15, -0.1) is 0 Å². The van der Waals surface area contributed by atoms with E-state index < -0.39 is 22.0 Å². The van der Waals surface area contributed by atoms with Gasteiger partial charge in [-0.25, -0.2) is 22.3 Å². The van der Waals surface area contributed by atoms with Gasteiger partial charge in [0, 0.05) is 19.8 Å². The Morgan fingerprint density at radius 2 is 1.66 bits per heavy atom. The van der Waals surface area contributed by atoms with Crippen molar-refractivity contribution in [2.24, 2.45) is 0 Å². The lowest BCUT2D eigenvalue weighted by molar-refractivity contribution is 0.0443. The number of aromatic amines is 1. The van der Waals surface area contributed by atoms with Crippen LogP contribution in [-0.2, 0) is 19.5 Å². The average Bonchev–Trinajstić information content (AvgIpc) is 2.99. The third-order valence-corrected chi connectivity index (χ3v) is 6.05. The Kier molecular flexibility index (Phi) is 7.04. The Hall–Kier alpha value is -2.85. The molecule has 2 rings (SSSR count). The molecule has 0 unspecified atom stereocenters. The van der Waals surface area contributed by atoms with Crippen molar-refractivity contribution in [3.05, 3.63) is 46.8 Å². The molecule has 0 aliphatic heterocycles. The summed E-state index contributed by atoms with van der Waals surface area (Å²) >= 11 is 0. The number of sulfonamides is 1. The predicted molar refractivity (Wildman–Crippen MR) is 105 cm³/mol. The van der Waals surface area contributed by atoms with Crippen molar-refractivity contribution >= 4 is 22.0 Å². The zero-order chi connectivity index (χ0) is 21.8. The number of aryl methyl sites for hydroxylation is 1. The number of esters is 2. The van der Waals surface area contributed by atoms with Crippen LogP contribution >= 0.6 is 0 Å². The van der Waals surface area contributed by atoms with E-state index in [9.17, 15) is 18.0 Å². The van der Waals surface area contributed by atoms with Crippen molar-refractivity contribution in [3.63, 3.8) is 0 Å². The van der Waals surface area contributed by atoms with Crippen LogP contribution in [0.25, 0.3) is 0 Å². The summed E-state index contributed by atoms with van der Waals surface area (Å²) in [5.41, 5.74) is 1.47. The van der Waals surface area contributed by atoms with Crippen LogP contribution < -0.4 is 4.74 Å². The molecule has 0 aliphatic carbocycles. The lowest BCUT2D eigenvalue weighted by Crippen LogP contribution is -2.22. The Labute approximate surface area is 169 Å². The number of carbonyl (C=O) groups excluding carboxylic acids is 2. The first-order valence-electron chi connectivity index (χ1n) is 8.69. The van der Waals surface area contributed by atoms with Crippen molar-refractivity contribution in [1.82, 2.24) is 9.29 Å². The highest BCUT2D eigenvalue weighted by Crippen LogP contribution is 2.20. The van der Waals surface area contributed by atoms with Gasteiger partial charge in [-0.05, 0) is 43.7 Å². The number of benzene rings is 1. The summed E-state index contributed by atoms with van der Waals surface area (Å²) in [6.45, 7) is 3.35. The minimum Gasteiger partial charge on any atom is -0.490 e. The summed E-state index contributed by atoms with van der Waals surface area (Å²) in [6, 6.07) is 5.94. The molecule has 158 valence electrons. The van der Waals surface area contributed by atoms with E-state index in [1.165, 1.54) is 45.5 Å². The molecule has 0 fully saturated rings. The van der Waals surface area contributed by atoms with Crippen LogP contribution in [0.1, 0.15) is 32.1 Å². The summed E-state index contributed by atoms with van der Waals surface area (Å²) in [6.07, 6.45) is 0. The van der Waals surface area contributed by atoms with Crippen LogP contribution in [0.4, 0.5) is 0 Å². The highest BCUT2D eigenvalue weighted by atomic mass is 32.2. The Bertz CT molecular complexity index is 992. The van der Waals surface area contributed by atoms with Crippen molar-refractivity contribution in [2.45, 2.75) is 18.7 Å². The molecule has 10 heteroatoms. The maximum atomic E-state index is 12.2. The molecule has 29 heavy (non-hydrogen) atoms. The minimum atomic E-state index is -3.50. The minimum absolute atomic E-state index is 0.0261. The number of aromatic nitrogens is 1. The molecule has 9 nitrogen and oxygen atoms in total. The zero-order valence-electron chi connectivity index (χ0n) is 16.9. The van der Waals surface area contributed by atoms with Gasteiger partial charge in [0.05, 0.1) is 17.6 Å². The van der Waals surface area contributed by atoms with Crippen molar-refractivity contribution < 1.29 is 32.2 Å². The summed E-state index contributed by atoms with van der Waals surface area (Å²) in [7, 11) is 0.675. The van der Waals surface area contributed by atoms with Gasteiger partial charge >= 0.3 is 11.9 Å². The zero-order valence-corrected chi connectivity index (χ0v) is 17.8. The van der Waals surface area contributed by atoms with Gasteiger partial charge in [0.25, 0.3) is 0 Å². The molecule has 0 amide bonds. The van der Waals surface area contributed by atoms with E-state index in [2.05, 4.69) is 4.98 Å². The lowest BCUT2D eigenvalue weighted by atomic mass is 10.1. The summed E-state index contributed by atoms with van der Waals surface area (Å²) in [5, 5.41) is 0. The van der Waals surface area contributed by atoms with Gasteiger partial charge in [-0.1, -0.05) is 0 Å². The first-order chi connectivity index (χ1) is 13.6. The number of nitrogens with zero attached hydrogens (tertiary/aromatic N) is 1. The number of carbonyl (C=O) groups is 2. The molecule has 2 aromatic rings. The molecule has 1 heterocycles. The molecule has 0 aliphatic rings. The molecule has 0 saturated heterocycles. The van der Waals surface area contributed by atoms with Crippen LogP contribution in [0, 0.1) is 13.8 Å². The molecule has 1 aromatic heterocycles. The maximum Gasteiger partial charge on any atom is 0.355 e. The number of hydrogen-bond acceptors (Lipinski definition) is 7. The van der Waals surface area contributed by atoms with Gasteiger partial charge < -0.3 is 19.2 Å². The highest BCUT2D eigenvalue weighted by Gasteiger charge is 2.23. The van der Waals surface area contributed by atoms with Crippen molar-refractivity contribution in [2.75, 3.05) is 34.4 Å². The van der Waals surface area contributed by atoms with Crippen LogP contribution in [-0.4, -0.2) is 64.1 Å². The topological polar surface area (TPSA) is 115 Å². The SMILES string of the molecule is COC(=O)c1c(C)[nH]c(C(=O)OCCOc2ccc(S(=O)(=O)N(C)C)cc2)c1C. The first-order valence-corrected chi connectivity index (χ1v) is 10.1. The average molecular weight is 424 g/mol. The quantitative estimate of drug-likeness (QED) is 0.508. The number of H-pyrrole nitrogens is 1. The van der Waals surface area contributed by atoms with Crippen molar-refractivity contribution in [1.29, 1.82) is 0 Å². The number of hydrogen-bond donors (Lipinski definition) is 1. The Balaban J connectivity index is 1.91. The number of rotatable bonds is 8. The second kappa shape index (κ2) is 9.10. The smallest absolute Gasteiger partial charge is 0.355 e. The normalized spacial score (nSPS) is 11.4. The molecule has 1 aromatic carbocycles. The summed E-state index contributed by atoms with van der Waals surface area (Å²) in [4.78, 5) is 27.0. The molecule has 0 bridgehead atoms. The van der Waals surface area contributed by atoms with Gasteiger partial charge in [-0.3, -0.25) is 0 Å². The van der Waals surface area contributed by atoms with Crippen molar-refractivity contribution in [3.8, 4) is 5.75 Å². The van der Waals surface area contributed by atoms with E-state index in [0.717, 1.165) is 4.31 Å². The molecule has 0 atom stereocenters. The fourth-order valence-corrected chi connectivity index (χ4v) is 3.55. The van der Waals surface area contributed by atoms with Crippen LogP contribution in [0.5, 0.6) is 5.75 Å². The number of nitrogens with one attached hydrogen (secondary N) is 1. The summed E-state index contributed by atoms with van der Waals surface area (Å²) < 4.78 is 40.5. The number of ether oxygens (including phenoxy) is 3. The Morgan fingerprint density at radius 3 is 2.21 bits per heavy atom. The second-order valence-electron chi connectivity index (χ2n) is 6.36. The van der Waals surface area contributed by atoms with Gasteiger partial charge in [0.15, 0.2) is 0 Å². The fraction of sp³-hybridized carbons (Fsp3) is 0.368.